The summed E-state index contributed by atoms with van der Waals surface area (Å²) in [4.78, 5) is 20.3. The second-order valence-corrected chi connectivity index (χ2v) is 9.30. The van der Waals surface area contributed by atoms with Gasteiger partial charge in [-0.1, -0.05) is 54.1 Å². The Morgan fingerprint density at radius 3 is 2.46 bits per heavy atom. The molecule has 0 aliphatic rings. The van der Waals surface area contributed by atoms with Gasteiger partial charge in [-0.3, -0.25) is 0 Å². The molecule has 0 spiro atoms. The van der Waals surface area contributed by atoms with Crippen molar-refractivity contribution in [2.45, 2.75) is 12.5 Å². The Bertz CT molecular complexity index is 1650. The van der Waals surface area contributed by atoms with Crippen molar-refractivity contribution in [1.82, 2.24) is 14.5 Å². The van der Waals surface area contributed by atoms with Gasteiger partial charge in [-0.15, -0.1) is 0 Å². The van der Waals surface area contributed by atoms with E-state index in [9.17, 15) is 9.90 Å². The van der Waals surface area contributed by atoms with E-state index in [-0.39, 0.29) is 17.6 Å². The van der Waals surface area contributed by atoms with Gasteiger partial charge >= 0.3 is 12.0 Å². The molecule has 3 aromatic carbocycles. The Labute approximate surface area is 230 Å². The highest BCUT2D eigenvalue weighted by atomic mass is 35.5. The average molecular weight is 544 g/mol. The molecule has 1 atom stereocenters. The highest BCUT2D eigenvalue weighted by Gasteiger charge is 2.25. The Balaban J connectivity index is 1.72. The summed E-state index contributed by atoms with van der Waals surface area (Å²) in [5.41, 5.74) is 4.69. The minimum atomic E-state index is -1.01. The molecule has 8 nitrogen and oxygen atoms in total. The highest BCUT2D eigenvalue weighted by molar-refractivity contribution is 6.31. The molecule has 5 aromatic rings. The van der Waals surface area contributed by atoms with Gasteiger partial charge in [0.1, 0.15) is 5.75 Å². The summed E-state index contributed by atoms with van der Waals surface area (Å²) in [5.74, 6) is -0.103. The third-order valence-electron chi connectivity index (χ3n) is 6.62. The summed E-state index contributed by atoms with van der Waals surface area (Å²) < 4.78 is 18.6. The van der Waals surface area contributed by atoms with Crippen LogP contribution in [-0.2, 0) is 6.42 Å². The van der Waals surface area contributed by atoms with Crippen LogP contribution >= 0.6 is 11.6 Å². The van der Waals surface area contributed by atoms with Crippen LogP contribution in [0.15, 0.2) is 79.1 Å². The van der Waals surface area contributed by atoms with Crippen molar-refractivity contribution < 1.29 is 24.1 Å². The van der Waals surface area contributed by atoms with Gasteiger partial charge < -0.3 is 23.9 Å². The number of carbonyl (C=O) groups is 1. The lowest BCUT2D eigenvalue weighted by molar-refractivity contribution is 0.0696. The van der Waals surface area contributed by atoms with Crippen LogP contribution in [0, 0.1) is 0 Å². The maximum absolute atomic E-state index is 11.5. The van der Waals surface area contributed by atoms with Crippen molar-refractivity contribution in [3.05, 3.63) is 112 Å². The second kappa shape index (κ2) is 11.0. The Morgan fingerprint density at radius 1 is 0.974 bits per heavy atom. The molecule has 39 heavy (non-hydrogen) atoms. The van der Waals surface area contributed by atoms with Crippen LogP contribution in [0.5, 0.6) is 17.6 Å². The van der Waals surface area contributed by atoms with Crippen LogP contribution in [-0.4, -0.2) is 46.9 Å². The number of nitrogens with zero attached hydrogens (tertiary/aromatic N) is 3. The van der Waals surface area contributed by atoms with E-state index in [1.54, 1.807) is 31.5 Å². The summed E-state index contributed by atoms with van der Waals surface area (Å²) in [6.45, 7) is 0. The number of halogens is 1. The molecule has 0 radical (unpaired) electrons. The molecule has 9 heteroatoms. The zero-order valence-electron chi connectivity index (χ0n) is 21.6. The highest BCUT2D eigenvalue weighted by Crippen LogP contribution is 2.38. The summed E-state index contributed by atoms with van der Waals surface area (Å²) in [5, 5.41) is 11.0. The molecule has 1 unspecified atom stereocenters. The lowest BCUT2D eigenvalue weighted by Gasteiger charge is -2.22. The van der Waals surface area contributed by atoms with Gasteiger partial charge in [0.2, 0.25) is 5.88 Å². The van der Waals surface area contributed by atoms with E-state index in [2.05, 4.69) is 20.7 Å². The van der Waals surface area contributed by atoms with Crippen molar-refractivity contribution >= 4 is 28.5 Å². The van der Waals surface area contributed by atoms with Crippen molar-refractivity contribution in [3.8, 4) is 17.6 Å². The summed E-state index contributed by atoms with van der Waals surface area (Å²) >= 11 is 6.49. The molecular weight excluding hydrogens is 518 g/mol. The summed E-state index contributed by atoms with van der Waals surface area (Å²) in [6, 6.07) is 20.6. The van der Waals surface area contributed by atoms with Crippen LogP contribution in [0.4, 0.5) is 0 Å². The predicted molar refractivity (Wildman–Crippen MR) is 149 cm³/mol. The first-order valence-electron chi connectivity index (χ1n) is 12.1. The number of aromatic nitrogens is 3. The Kier molecular flexibility index (Phi) is 7.38. The molecular formula is C30H26ClN3O5. The third kappa shape index (κ3) is 5.11. The molecule has 2 aromatic heterocycles. The Morgan fingerprint density at radius 2 is 1.77 bits per heavy atom. The molecule has 0 bridgehead atoms. The smallest absolute Gasteiger partial charge is 0.335 e. The molecule has 198 valence electrons. The van der Waals surface area contributed by atoms with Gasteiger partial charge in [-0.05, 0) is 41.0 Å². The molecule has 0 saturated carbocycles. The molecule has 0 fully saturated rings. The molecule has 0 aliphatic carbocycles. The van der Waals surface area contributed by atoms with Crippen molar-refractivity contribution in [2.75, 3.05) is 21.3 Å². The second-order valence-electron chi connectivity index (χ2n) is 8.87. The number of methoxy groups -OCH3 is 3. The number of carboxylic acids is 1. The molecule has 5 rings (SSSR count). The largest absolute Gasteiger partial charge is 0.496 e. The first-order chi connectivity index (χ1) is 18.9. The fourth-order valence-electron chi connectivity index (χ4n) is 4.82. The fraction of sp³-hybridized carbons (Fsp3) is 0.167. The van der Waals surface area contributed by atoms with Crippen molar-refractivity contribution in [2.24, 2.45) is 0 Å². The standard InChI is InChI=1S/C30H26ClN3O5/c1-37-26-14-20(29(35)36)10-9-19(26)13-21-17-34(25-15-22(31)11-12-23(21)25)27(18-7-5-4-6-8-18)24-16-32-30(39-3)33-28(24)38-2/h4-12,14-17,27H,13H2,1-3H3,(H,35,36). The van der Waals surface area contributed by atoms with E-state index < -0.39 is 5.97 Å². The normalized spacial score (nSPS) is 11.8. The number of aromatic carboxylic acids is 1. The van der Waals surface area contributed by atoms with Gasteiger partial charge in [0.25, 0.3) is 0 Å². The maximum Gasteiger partial charge on any atom is 0.335 e. The van der Waals surface area contributed by atoms with E-state index >= 15 is 0 Å². The number of rotatable bonds is 9. The monoisotopic (exact) mass is 543 g/mol. The number of carboxylic acid groups (broad SMARTS) is 1. The minimum Gasteiger partial charge on any atom is -0.496 e. The lowest BCUT2D eigenvalue weighted by Crippen LogP contribution is -2.14. The number of fused-ring (bicyclic) bond motifs is 1. The van der Waals surface area contributed by atoms with Gasteiger partial charge in [0.15, 0.2) is 0 Å². The number of ether oxygens (including phenoxy) is 3. The fourth-order valence-corrected chi connectivity index (χ4v) is 4.98. The predicted octanol–water partition coefficient (Wildman–Crippen LogP) is 6.04. The van der Waals surface area contributed by atoms with E-state index in [0.29, 0.717) is 23.1 Å². The molecule has 2 heterocycles. The average Bonchev–Trinajstić information content (AvgIpc) is 3.30. The van der Waals surface area contributed by atoms with Crippen molar-refractivity contribution in [1.29, 1.82) is 0 Å². The van der Waals surface area contributed by atoms with Crippen LogP contribution in [0.3, 0.4) is 0 Å². The number of hydrogen-bond donors (Lipinski definition) is 1. The zero-order chi connectivity index (χ0) is 27.5. The summed E-state index contributed by atoms with van der Waals surface area (Å²) in [7, 11) is 4.61. The Hall–Kier alpha value is -4.56. The SMILES string of the molecule is COc1ncc(C(c2ccccc2)n2cc(Cc3ccc(C(=O)O)cc3OC)c3ccc(Cl)cc32)c(OC)n1. The lowest BCUT2D eigenvalue weighted by atomic mass is 10.00. The molecule has 1 N–H and O–H groups in total. The molecule has 0 aliphatic heterocycles. The van der Waals surface area contributed by atoms with Crippen LogP contribution in [0.1, 0.15) is 38.7 Å². The van der Waals surface area contributed by atoms with Gasteiger partial charge in [0, 0.05) is 29.2 Å². The van der Waals surface area contributed by atoms with Crippen LogP contribution in [0.25, 0.3) is 10.9 Å². The first-order valence-corrected chi connectivity index (χ1v) is 12.5. The van der Waals surface area contributed by atoms with E-state index in [1.807, 2.05) is 48.5 Å². The molecule has 0 amide bonds. The van der Waals surface area contributed by atoms with E-state index in [4.69, 9.17) is 25.8 Å². The topological polar surface area (TPSA) is 95.7 Å². The van der Waals surface area contributed by atoms with E-state index in [0.717, 1.165) is 33.2 Å². The van der Waals surface area contributed by atoms with Crippen LogP contribution in [0.2, 0.25) is 5.02 Å². The molecule has 0 saturated heterocycles. The zero-order valence-corrected chi connectivity index (χ0v) is 22.3. The number of benzene rings is 3. The number of hydrogen-bond acceptors (Lipinski definition) is 6. The summed E-state index contributed by atoms with van der Waals surface area (Å²) in [6.07, 6.45) is 4.30. The quantitative estimate of drug-likeness (QED) is 0.242. The maximum atomic E-state index is 11.5. The van der Waals surface area contributed by atoms with Crippen LogP contribution < -0.4 is 14.2 Å². The first kappa shape index (κ1) is 26.1. The van der Waals surface area contributed by atoms with Gasteiger partial charge in [-0.25, -0.2) is 9.78 Å². The van der Waals surface area contributed by atoms with Gasteiger partial charge in [0.05, 0.1) is 44.0 Å². The van der Waals surface area contributed by atoms with Crippen molar-refractivity contribution in [3.63, 3.8) is 0 Å². The van der Waals surface area contributed by atoms with E-state index in [1.165, 1.54) is 14.2 Å². The minimum absolute atomic E-state index is 0.167. The third-order valence-corrected chi connectivity index (χ3v) is 6.85. The van der Waals surface area contributed by atoms with Gasteiger partial charge in [-0.2, -0.15) is 4.98 Å².